The number of rotatable bonds is 3. The number of nitrogens with zero attached hydrogens (tertiary/aromatic N) is 1. The first kappa shape index (κ1) is 14.9. The molecule has 0 saturated carbocycles. The van der Waals surface area contributed by atoms with Crippen LogP contribution in [0.3, 0.4) is 0 Å². The van der Waals surface area contributed by atoms with E-state index in [2.05, 4.69) is 0 Å². The number of benzene rings is 1. The maximum atomic E-state index is 12.4. The van der Waals surface area contributed by atoms with E-state index in [4.69, 9.17) is 4.74 Å². The summed E-state index contributed by atoms with van der Waals surface area (Å²) in [6.45, 7) is 0.0377. The van der Waals surface area contributed by atoms with Crippen LogP contribution in [0.1, 0.15) is 5.56 Å². The number of carbonyl (C=O) groups is 1. The summed E-state index contributed by atoms with van der Waals surface area (Å²) in [6, 6.07) is 3.08. The van der Waals surface area contributed by atoms with Gasteiger partial charge in [-0.2, -0.15) is 17.5 Å². The molecule has 1 heterocycles. The van der Waals surface area contributed by atoms with E-state index in [-0.39, 0.29) is 18.0 Å². The highest BCUT2D eigenvalue weighted by atomic mass is 32.2. The summed E-state index contributed by atoms with van der Waals surface area (Å²) in [4.78, 5) is 10.4. The smallest absolute Gasteiger partial charge is 0.354 e. The maximum absolute atomic E-state index is 12.4. The molecule has 0 bridgehead atoms. The van der Waals surface area contributed by atoms with Crippen molar-refractivity contribution in [2.75, 3.05) is 13.2 Å². The van der Waals surface area contributed by atoms with Gasteiger partial charge in [-0.25, -0.2) is 8.42 Å². The Morgan fingerprint density at radius 3 is 2.35 bits per heavy atom. The molecule has 5 nitrogen and oxygen atoms in total. The van der Waals surface area contributed by atoms with Crippen molar-refractivity contribution in [2.45, 2.75) is 17.3 Å². The molecule has 1 unspecified atom stereocenters. The lowest BCUT2D eigenvalue weighted by Crippen LogP contribution is -2.37. The van der Waals surface area contributed by atoms with Crippen LogP contribution in [0.25, 0.3) is 0 Å². The van der Waals surface area contributed by atoms with E-state index in [1.54, 1.807) is 0 Å². The van der Waals surface area contributed by atoms with Gasteiger partial charge < -0.3 is 4.74 Å². The third kappa shape index (κ3) is 2.69. The first-order valence-corrected chi connectivity index (χ1v) is 6.97. The maximum Gasteiger partial charge on any atom is 0.416 e. The fourth-order valence-electron chi connectivity index (χ4n) is 1.79. The molecule has 1 saturated heterocycles. The van der Waals surface area contributed by atoms with Gasteiger partial charge in [-0.3, -0.25) is 4.79 Å². The van der Waals surface area contributed by atoms with Gasteiger partial charge in [0.25, 0.3) is 0 Å². The quantitative estimate of drug-likeness (QED) is 0.788. The van der Waals surface area contributed by atoms with Crippen LogP contribution in [0.15, 0.2) is 29.2 Å². The normalized spacial score (nSPS) is 21.1. The highest BCUT2D eigenvalue weighted by molar-refractivity contribution is 7.89. The van der Waals surface area contributed by atoms with Crippen LogP contribution in [0, 0.1) is 0 Å². The van der Waals surface area contributed by atoms with Crippen molar-refractivity contribution < 1.29 is 31.1 Å². The summed E-state index contributed by atoms with van der Waals surface area (Å²) >= 11 is 0. The molecular formula is C11H10F3NO4S. The van der Waals surface area contributed by atoms with Crippen LogP contribution in [-0.2, 0) is 25.7 Å². The molecular weight excluding hydrogens is 299 g/mol. The van der Waals surface area contributed by atoms with Crippen molar-refractivity contribution in [2.24, 2.45) is 0 Å². The van der Waals surface area contributed by atoms with E-state index in [9.17, 15) is 26.4 Å². The minimum Gasteiger partial charge on any atom is -0.354 e. The van der Waals surface area contributed by atoms with Crippen LogP contribution < -0.4 is 0 Å². The van der Waals surface area contributed by atoms with E-state index in [1.165, 1.54) is 0 Å². The molecule has 1 aromatic carbocycles. The predicted octanol–water partition coefficient (Wildman–Crippen LogP) is 1.25. The van der Waals surface area contributed by atoms with Crippen molar-refractivity contribution in [3.8, 4) is 0 Å². The number of halogens is 3. The van der Waals surface area contributed by atoms with Crippen LogP contribution in [0.5, 0.6) is 0 Å². The number of sulfonamides is 1. The molecule has 1 aromatic rings. The average Bonchev–Trinajstić information content (AvgIpc) is 2.87. The van der Waals surface area contributed by atoms with E-state index in [0.29, 0.717) is 18.4 Å². The van der Waals surface area contributed by atoms with E-state index in [1.807, 2.05) is 0 Å². The van der Waals surface area contributed by atoms with E-state index < -0.39 is 28.0 Å². The first-order chi connectivity index (χ1) is 9.26. The van der Waals surface area contributed by atoms with Gasteiger partial charge in [-0.15, -0.1) is 0 Å². The lowest BCUT2D eigenvalue weighted by atomic mass is 10.2. The zero-order valence-electron chi connectivity index (χ0n) is 10.0. The van der Waals surface area contributed by atoms with Crippen molar-refractivity contribution in [3.63, 3.8) is 0 Å². The summed E-state index contributed by atoms with van der Waals surface area (Å²) in [7, 11) is -4.05. The number of ether oxygens (including phenoxy) is 1. The van der Waals surface area contributed by atoms with E-state index in [0.717, 1.165) is 16.4 Å². The second-order valence-electron chi connectivity index (χ2n) is 4.04. The molecule has 0 aliphatic carbocycles. The number of carbonyl (C=O) groups excluding carboxylic acids is 1. The fourth-order valence-corrected chi connectivity index (χ4v) is 3.24. The van der Waals surface area contributed by atoms with Crippen LogP contribution >= 0.6 is 0 Å². The molecule has 0 N–H and O–H groups in total. The molecule has 1 aliphatic rings. The molecule has 2 rings (SSSR count). The topological polar surface area (TPSA) is 63.7 Å². The van der Waals surface area contributed by atoms with Gasteiger partial charge in [0.15, 0.2) is 12.5 Å². The van der Waals surface area contributed by atoms with Gasteiger partial charge in [-0.1, -0.05) is 0 Å². The van der Waals surface area contributed by atoms with Gasteiger partial charge in [-0.05, 0) is 24.3 Å². The van der Waals surface area contributed by atoms with Crippen molar-refractivity contribution in [1.29, 1.82) is 0 Å². The summed E-state index contributed by atoms with van der Waals surface area (Å²) in [5.74, 6) is 0. The molecule has 0 amide bonds. The highest BCUT2D eigenvalue weighted by Gasteiger charge is 2.37. The number of alkyl halides is 3. The summed E-state index contributed by atoms with van der Waals surface area (Å²) in [5.41, 5.74) is -0.943. The Labute approximate surface area is 113 Å². The zero-order valence-corrected chi connectivity index (χ0v) is 10.8. The third-order valence-electron chi connectivity index (χ3n) is 2.79. The summed E-state index contributed by atoms with van der Waals surface area (Å²) < 4.78 is 67.3. The number of aldehydes is 1. The Morgan fingerprint density at radius 2 is 1.85 bits per heavy atom. The van der Waals surface area contributed by atoms with Crippen molar-refractivity contribution in [1.82, 2.24) is 4.31 Å². The standard InChI is InChI=1S/C11H10F3NO4S/c12-11(13,14)8-1-3-9(4-2-8)20(17,18)15-5-6-19-10(15)7-16/h1-4,7,10H,5-6H2. The molecule has 0 aromatic heterocycles. The molecule has 20 heavy (non-hydrogen) atoms. The van der Waals surface area contributed by atoms with Crippen molar-refractivity contribution in [3.05, 3.63) is 29.8 Å². The summed E-state index contributed by atoms with van der Waals surface area (Å²) in [5, 5.41) is 0. The molecule has 1 fully saturated rings. The van der Waals surface area contributed by atoms with Gasteiger partial charge in [0.2, 0.25) is 10.0 Å². The first-order valence-electron chi connectivity index (χ1n) is 5.53. The van der Waals surface area contributed by atoms with Gasteiger partial charge >= 0.3 is 6.18 Å². The third-order valence-corrected chi connectivity index (χ3v) is 4.66. The second-order valence-corrected chi connectivity index (χ2v) is 5.93. The lowest BCUT2D eigenvalue weighted by Gasteiger charge is -2.18. The Bertz CT molecular complexity index is 597. The average molecular weight is 309 g/mol. The molecule has 9 heteroatoms. The van der Waals surface area contributed by atoms with Crippen molar-refractivity contribution >= 4 is 16.3 Å². The molecule has 1 aliphatic heterocycles. The Kier molecular flexibility index (Phi) is 3.85. The molecule has 0 radical (unpaired) electrons. The highest BCUT2D eigenvalue weighted by Crippen LogP contribution is 2.30. The molecule has 1 atom stereocenters. The number of hydrogen-bond acceptors (Lipinski definition) is 4. The number of hydrogen-bond donors (Lipinski definition) is 0. The van der Waals surface area contributed by atoms with Crippen LogP contribution in [0.4, 0.5) is 13.2 Å². The zero-order chi connectivity index (χ0) is 15.0. The fraction of sp³-hybridized carbons (Fsp3) is 0.364. The minimum atomic E-state index is -4.54. The van der Waals surface area contributed by atoms with Gasteiger partial charge in [0.05, 0.1) is 17.1 Å². The molecule has 110 valence electrons. The monoisotopic (exact) mass is 309 g/mol. The summed E-state index contributed by atoms with van der Waals surface area (Å²) in [6.07, 6.45) is -5.44. The molecule has 0 spiro atoms. The largest absolute Gasteiger partial charge is 0.416 e. The lowest BCUT2D eigenvalue weighted by molar-refractivity contribution is -0.137. The van der Waals surface area contributed by atoms with Crippen LogP contribution in [-0.4, -0.2) is 38.4 Å². The minimum absolute atomic E-state index is 0.0211. The van der Waals surface area contributed by atoms with Gasteiger partial charge in [0.1, 0.15) is 0 Å². The van der Waals surface area contributed by atoms with Gasteiger partial charge in [0, 0.05) is 6.54 Å². The second kappa shape index (κ2) is 5.15. The Morgan fingerprint density at radius 1 is 1.25 bits per heavy atom. The van der Waals surface area contributed by atoms with E-state index >= 15 is 0 Å². The Hall–Kier alpha value is -1.45. The Balaban J connectivity index is 2.33. The predicted molar refractivity (Wildman–Crippen MR) is 61.1 cm³/mol. The SMILES string of the molecule is O=CC1OCCN1S(=O)(=O)c1ccc(C(F)(F)F)cc1. The van der Waals surface area contributed by atoms with Crippen LogP contribution in [0.2, 0.25) is 0 Å².